The maximum Gasteiger partial charge on any atom is 0.270 e. The summed E-state index contributed by atoms with van der Waals surface area (Å²) >= 11 is 0. The highest BCUT2D eigenvalue weighted by Crippen LogP contribution is 2.32. The second-order valence-corrected chi connectivity index (χ2v) is 15.1. The average Bonchev–Trinajstić information content (AvgIpc) is 3.97. The van der Waals surface area contributed by atoms with Crippen molar-refractivity contribution in [2.75, 3.05) is 31.6 Å². The summed E-state index contributed by atoms with van der Waals surface area (Å²) in [6.07, 6.45) is 6.09. The van der Waals surface area contributed by atoms with Gasteiger partial charge in [-0.2, -0.15) is 5.10 Å². The lowest BCUT2D eigenvalue weighted by Crippen LogP contribution is -2.43. The number of carbonyl (C=O) groups is 2. The van der Waals surface area contributed by atoms with E-state index in [9.17, 15) is 9.59 Å². The number of nitrogens with one attached hydrogen (secondary N) is 4. The van der Waals surface area contributed by atoms with Gasteiger partial charge in [0, 0.05) is 69.8 Å². The highest BCUT2D eigenvalue weighted by molar-refractivity contribution is 5.97. The molecule has 3 aromatic heterocycles. The van der Waals surface area contributed by atoms with E-state index in [1.807, 2.05) is 16.9 Å². The molecule has 3 fully saturated rings. The van der Waals surface area contributed by atoms with E-state index < -0.39 is 0 Å². The molecule has 12 nitrogen and oxygen atoms in total. The third-order valence-corrected chi connectivity index (χ3v) is 11.3. The molecular formula is C43H51N9O3. The molecule has 286 valence electrons. The number of likely N-dealkylation sites (tertiary alicyclic amines) is 1. The number of fused-ring (bicyclic) bond motifs is 3. The molecule has 6 heterocycles. The van der Waals surface area contributed by atoms with Crippen LogP contribution in [0.15, 0.2) is 66.9 Å². The molecule has 4 N–H and O–H groups in total. The Morgan fingerprint density at radius 1 is 0.927 bits per heavy atom. The van der Waals surface area contributed by atoms with Crippen molar-refractivity contribution in [3.8, 4) is 11.1 Å². The Morgan fingerprint density at radius 2 is 1.71 bits per heavy atom. The number of carbonyl (C=O) groups excluding carboxylic acids is 2. The number of ether oxygens (including phenoxy) is 1. The first-order valence-corrected chi connectivity index (χ1v) is 19.8. The van der Waals surface area contributed by atoms with Crippen LogP contribution in [-0.4, -0.2) is 75.0 Å². The lowest BCUT2D eigenvalue weighted by molar-refractivity contribution is 0.0904. The molecule has 2 bridgehead atoms. The van der Waals surface area contributed by atoms with Crippen LogP contribution in [0.3, 0.4) is 0 Å². The van der Waals surface area contributed by atoms with Crippen molar-refractivity contribution in [3.05, 3.63) is 106 Å². The molecule has 0 spiro atoms. The predicted octanol–water partition coefficient (Wildman–Crippen LogP) is 5.59. The molecule has 0 saturated carbocycles. The number of aromatic nitrogens is 4. The van der Waals surface area contributed by atoms with Crippen LogP contribution >= 0.6 is 0 Å². The zero-order chi connectivity index (χ0) is 37.9. The molecule has 3 aliphatic heterocycles. The molecule has 0 radical (unpaired) electrons. The Hall–Kier alpha value is -5.17. The second kappa shape index (κ2) is 16.3. The van der Waals surface area contributed by atoms with Crippen LogP contribution in [-0.2, 0) is 37.3 Å². The summed E-state index contributed by atoms with van der Waals surface area (Å²) < 4.78 is 7.50. The van der Waals surface area contributed by atoms with Gasteiger partial charge in [0.05, 0.1) is 23.4 Å². The first-order chi connectivity index (χ1) is 26.9. The van der Waals surface area contributed by atoms with Crippen molar-refractivity contribution < 1.29 is 14.3 Å². The Labute approximate surface area is 322 Å². The van der Waals surface area contributed by atoms with Crippen LogP contribution in [0.25, 0.3) is 22.2 Å². The number of aryl methyl sites for hydroxylation is 3. The number of amides is 2. The van der Waals surface area contributed by atoms with E-state index in [-0.39, 0.29) is 35.8 Å². The summed E-state index contributed by atoms with van der Waals surface area (Å²) in [5, 5.41) is 19.0. The Balaban J connectivity index is 0.932. The van der Waals surface area contributed by atoms with Gasteiger partial charge in [0.2, 0.25) is 0 Å². The minimum Gasteiger partial charge on any atom is -0.381 e. The van der Waals surface area contributed by atoms with Crippen molar-refractivity contribution in [2.24, 2.45) is 5.92 Å². The van der Waals surface area contributed by atoms with Crippen molar-refractivity contribution in [3.63, 3.8) is 0 Å². The Bertz CT molecular complexity index is 2190. The van der Waals surface area contributed by atoms with Crippen LogP contribution in [0.4, 0.5) is 5.69 Å². The lowest BCUT2D eigenvalue weighted by Gasteiger charge is -2.27. The average molecular weight is 742 g/mol. The highest BCUT2D eigenvalue weighted by atomic mass is 16.5. The predicted molar refractivity (Wildman–Crippen MR) is 214 cm³/mol. The summed E-state index contributed by atoms with van der Waals surface area (Å²) in [5.74, 6) is 0.0644. The van der Waals surface area contributed by atoms with E-state index >= 15 is 0 Å². The van der Waals surface area contributed by atoms with Gasteiger partial charge >= 0.3 is 0 Å². The fourth-order valence-electron chi connectivity index (χ4n) is 8.32. The van der Waals surface area contributed by atoms with Crippen LogP contribution in [0, 0.1) is 12.8 Å². The Kier molecular flexibility index (Phi) is 10.9. The third kappa shape index (κ3) is 7.98. The van der Waals surface area contributed by atoms with Crippen molar-refractivity contribution >= 4 is 28.5 Å². The number of anilines is 1. The zero-order valence-electron chi connectivity index (χ0n) is 32.0. The molecule has 5 aromatic rings. The lowest BCUT2D eigenvalue weighted by atomic mass is 9.96. The van der Waals surface area contributed by atoms with Gasteiger partial charge in [-0.05, 0) is 97.5 Å². The quantitative estimate of drug-likeness (QED) is 0.122. The second-order valence-electron chi connectivity index (χ2n) is 15.1. The maximum absolute atomic E-state index is 13.6. The van der Waals surface area contributed by atoms with Crippen LogP contribution in [0.1, 0.15) is 82.0 Å². The van der Waals surface area contributed by atoms with Crippen LogP contribution < -0.4 is 21.3 Å². The number of hydrogen-bond acceptors (Lipinski definition) is 9. The molecular weight excluding hydrogens is 691 g/mol. The monoisotopic (exact) mass is 741 g/mol. The molecule has 55 heavy (non-hydrogen) atoms. The highest BCUT2D eigenvalue weighted by Gasteiger charge is 2.37. The largest absolute Gasteiger partial charge is 0.381 e. The van der Waals surface area contributed by atoms with Gasteiger partial charge in [0.25, 0.3) is 11.8 Å². The molecule has 0 unspecified atom stereocenters. The molecule has 2 amide bonds. The van der Waals surface area contributed by atoms with Gasteiger partial charge < -0.3 is 26.0 Å². The van der Waals surface area contributed by atoms with E-state index in [1.54, 1.807) is 18.2 Å². The molecule has 3 aliphatic rings. The topological polar surface area (TPSA) is 138 Å². The first kappa shape index (κ1) is 36.8. The molecule has 12 heteroatoms. The minimum absolute atomic E-state index is 0.174. The van der Waals surface area contributed by atoms with Crippen molar-refractivity contribution in [1.29, 1.82) is 0 Å². The smallest absolute Gasteiger partial charge is 0.270 e. The number of nitrogens with zero attached hydrogens (tertiary/aromatic N) is 5. The van der Waals surface area contributed by atoms with Gasteiger partial charge in [0.15, 0.2) is 5.65 Å². The summed E-state index contributed by atoms with van der Waals surface area (Å²) in [4.78, 5) is 38.9. The molecule has 2 atom stereocenters. The Morgan fingerprint density at radius 3 is 2.44 bits per heavy atom. The van der Waals surface area contributed by atoms with Gasteiger partial charge in [-0.25, -0.2) is 14.6 Å². The molecule has 3 saturated heterocycles. The number of benzene rings is 2. The normalized spacial score (nSPS) is 18.5. The fourth-order valence-corrected chi connectivity index (χ4v) is 8.32. The SMILES string of the molecule is CCc1nc2c(cnn2CC)c(NC2CCOCC2)c1CNC(=O)c1cccc(C(=O)NCc2ccc(C)c(-c3cccc(CN4C[C@H]5CN[C@@H]4C5)c3)c2)n1. The summed E-state index contributed by atoms with van der Waals surface area (Å²) in [6.45, 7) is 12.2. The summed E-state index contributed by atoms with van der Waals surface area (Å²) in [7, 11) is 0. The third-order valence-electron chi connectivity index (χ3n) is 11.3. The van der Waals surface area contributed by atoms with Gasteiger partial charge in [0.1, 0.15) is 11.4 Å². The van der Waals surface area contributed by atoms with E-state index in [0.29, 0.717) is 38.9 Å². The summed E-state index contributed by atoms with van der Waals surface area (Å²) in [5.41, 5.74) is 9.76. The van der Waals surface area contributed by atoms with E-state index in [2.05, 4.69) is 93.4 Å². The summed E-state index contributed by atoms with van der Waals surface area (Å²) in [6, 6.07) is 20.3. The molecule has 0 aliphatic carbocycles. The molecule has 2 aromatic carbocycles. The van der Waals surface area contributed by atoms with Gasteiger partial charge in [-0.3, -0.25) is 14.5 Å². The zero-order valence-corrected chi connectivity index (χ0v) is 32.0. The van der Waals surface area contributed by atoms with Crippen LogP contribution in [0.5, 0.6) is 0 Å². The van der Waals surface area contributed by atoms with Crippen molar-refractivity contribution in [2.45, 2.75) is 84.8 Å². The minimum atomic E-state index is -0.364. The maximum atomic E-state index is 13.6. The number of rotatable bonds is 13. The number of pyridine rings is 2. The standard InChI is InChI=1S/C43H51N9O3/c1-4-36-34(40(48-32-14-16-55-17-15-32)35-24-47-52(5-2)41(35)50-36)23-46-43(54)38-11-7-10-37(49-38)42(53)45-21-28-13-12-27(3)33(19-28)31-9-6-8-29(18-31)25-51-26-30-20-39(51)44-22-30/h6-13,18-19,24,30,32,39,44H,4-5,14-17,20-23,25-26H2,1-3H3,(H,45,53)(H,46,54)(H,48,50)/t30-,39+/m1/s1. The van der Waals surface area contributed by atoms with Gasteiger partial charge in [-0.15, -0.1) is 0 Å². The van der Waals surface area contributed by atoms with E-state index in [0.717, 1.165) is 77.5 Å². The van der Waals surface area contributed by atoms with E-state index in [4.69, 9.17) is 9.72 Å². The first-order valence-electron chi connectivity index (χ1n) is 19.8. The van der Waals surface area contributed by atoms with Crippen molar-refractivity contribution in [1.82, 2.24) is 40.6 Å². The fraction of sp³-hybridized carbons (Fsp3) is 0.419. The van der Waals surface area contributed by atoms with E-state index in [1.165, 1.54) is 23.1 Å². The number of hydrogen-bond donors (Lipinski definition) is 4. The molecule has 8 rings (SSSR count). The van der Waals surface area contributed by atoms with Crippen LogP contribution in [0.2, 0.25) is 0 Å². The van der Waals surface area contributed by atoms with Gasteiger partial charge in [-0.1, -0.05) is 43.3 Å².